The number of benzene rings is 1. The van der Waals surface area contributed by atoms with Gasteiger partial charge in [0.2, 0.25) is 0 Å². The maximum Gasteiger partial charge on any atom is 0.125 e. The minimum absolute atomic E-state index is 0.405. The first-order chi connectivity index (χ1) is 9.29. The molecule has 0 saturated carbocycles. The van der Waals surface area contributed by atoms with Crippen molar-refractivity contribution in [2.24, 2.45) is 0 Å². The molecule has 1 aromatic carbocycles. The highest BCUT2D eigenvalue weighted by molar-refractivity contribution is 7.13. The van der Waals surface area contributed by atoms with Crippen molar-refractivity contribution in [1.82, 2.24) is 4.98 Å². The molecule has 0 bridgehead atoms. The van der Waals surface area contributed by atoms with Crippen LogP contribution < -0.4 is 0 Å². The first-order valence-electron chi connectivity index (χ1n) is 6.19. The number of thiazole rings is 1. The predicted molar refractivity (Wildman–Crippen MR) is 81.5 cm³/mol. The number of aliphatic hydroxyl groups is 1. The van der Waals surface area contributed by atoms with Gasteiger partial charge in [-0.25, -0.2) is 4.98 Å². The van der Waals surface area contributed by atoms with E-state index >= 15 is 0 Å². The fraction of sp³-hybridized carbons (Fsp3) is 0.333. The number of rotatable bonds is 3. The molecule has 0 aliphatic rings. The summed E-state index contributed by atoms with van der Waals surface area (Å²) in [6.07, 6.45) is 1.29. The maximum absolute atomic E-state index is 10.3. The molecule has 1 N–H and O–H groups in total. The molecule has 0 aliphatic heterocycles. The number of aryl methyl sites for hydroxylation is 1. The summed E-state index contributed by atoms with van der Waals surface area (Å²) in [7, 11) is 1.00. The first-order valence-corrected chi connectivity index (χ1v) is 7.07. The van der Waals surface area contributed by atoms with Crippen molar-refractivity contribution in [1.29, 1.82) is 0 Å². The zero-order chi connectivity index (χ0) is 14.7. The van der Waals surface area contributed by atoms with Gasteiger partial charge in [0, 0.05) is 24.5 Å². The Balaban J connectivity index is 0.000000741. The molecule has 1 heterocycles. The zero-order valence-corrected chi connectivity index (χ0v) is 12.7. The fourth-order valence-corrected chi connectivity index (χ4v) is 2.23. The van der Waals surface area contributed by atoms with Gasteiger partial charge >= 0.3 is 0 Å². The van der Waals surface area contributed by atoms with Crippen molar-refractivity contribution in [2.75, 3.05) is 7.11 Å². The van der Waals surface area contributed by atoms with E-state index in [1.165, 1.54) is 5.56 Å². The molecule has 2 aromatic rings. The normalized spacial score (nSPS) is 8.68. The standard InChI is InChI=1S/C12H11NOS.C2H6.CH4O/c1-9-3-2-4-10(7-9)12-13-11(5-6-14)8-15-12;2*1-2/h2-4,6-8H,5H2,1H3;1-2H3;2H,1H3. The van der Waals surface area contributed by atoms with E-state index in [0.717, 1.165) is 29.7 Å². The number of carbonyl (C=O) groups is 1. The van der Waals surface area contributed by atoms with Crippen LogP contribution in [0.1, 0.15) is 25.1 Å². The van der Waals surface area contributed by atoms with Gasteiger partial charge in [-0.1, -0.05) is 37.6 Å². The molecule has 2 rings (SSSR count). The Morgan fingerprint density at radius 2 is 2.00 bits per heavy atom. The largest absolute Gasteiger partial charge is 0.400 e. The highest BCUT2D eigenvalue weighted by atomic mass is 32.1. The topological polar surface area (TPSA) is 50.2 Å². The van der Waals surface area contributed by atoms with Crippen LogP contribution in [0, 0.1) is 6.92 Å². The molecule has 0 unspecified atom stereocenters. The molecule has 0 atom stereocenters. The van der Waals surface area contributed by atoms with E-state index in [-0.39, 0.29) is 0 Å². The summed E-state index contributed by atoms with van der Waals surface area (Å²) in [5.41, 5.74) is 3.20. The molecule has 0 radical (unpaired) electrons. The van der Waals surface area contributed by atoms with Crippen LogP contribution in [0.25, 0.3) is 10.6 Å². The van der Waals surface area contributed by atoms with Crippen LogP contribution in [0.5, 0.6) is 0 Å². The highest BCUT2D eigenvalue weighted by Crippen LogP contribution is 2.24. The smallest absolute Gasteiger partial charge is 0.125 e. The summed E-state index contributed by atoms with van der Waals surface area (Å²) < 4.78 is 0. The van der Waals surface area contributed by atoms with Gasteiger partial charge in [0.05, 0.1) is 5.69 Å². The third-order valence-electron chi connectivity index (χ3n) is 2.11. The summed E-state index contributed by atoms with van der Waals surface area (Å²) in [6, 6.07) is 8.22. The van der Waals surface area contributed by atoms with E-state index in [2.05, 4.69) is 24.0 Å². The second kappa shape index (κ2) is 10.4. The van der Waals surface area contributed by atoms with E-state index < -0.39 is 0 Å². The summed E-state index contributed by atoms with van der Waals surface area (Å²) >= 11 is 1.58. The van der Waals surface area contributed by atoms with Gasteiger partial charge in [-0.05, 0) is 13.0 Å². The van der Waals surface area contributed by atoms with Crippen LogP contribution in [0.2, 0.25) is 0 Å². The van der Waals surface area contributed by atoms with Crippen LogP contribution in [0.3, 0.4) is 0 Å². The third kappa shape index (κ3) is 5.77. The number of aldehydes is 1. The first kappa shape index (κ1) is 17.5. The SMILES string of the molecule is CC.CO.Cc1cccc(-c2nc(CC=O)cs2)c1. The third-order valence-corrected chi connectivity index (χ3v) is 3.05. The van der Waals surface area contributed by atoms with E-state index in [1.807, 2.05) is 31.4 Å². The van der Waals surface area contributed by atoms with E-state index in [4.69, 9.17) is 5.11 Å². The number of hydrogen-bond acceptors (Lipinski definition) is 4. The van der Waals surface area contributed by atoms with Crippen LogP contribution in [0.15, 0.2) is 29.6 Å². The van der Waals surface area contributed by atoms with Crippen molar-refractivity contribution in [2.45, 2.75) is 27.2 Å². The number of carbonyl (C=O) groups excluding carboxylic acids is 1. The van der Waals surface area contributed by atoms with Crippen molar-refractivity contribution in [3.63, 3.8) is 0 Å². The second-order valence-electron chi connectivity index (χ2n) is 3.38. The molecule has 19 heavy (non-hydrogen) atoms. The summed E-state index contributed by atoms with van der Waals surface area (Å²) in [4.78, 5) is 14.7. The number of aliphatic hydroxyl groups excluding tert-OH is 1. The molecular formula is C15H21NO2S. The van der Waals surface area contributed by atoms with E-state index in [0.29, 0.717) is 6.42 Å². The second-order valence-corrected chi connectivity index (χ2v) is 4.24. The minimum atomic E-state index is 0.405. The average molecular weight is 279 g/mol. The monoisotopic (exact) mass is 279 g/mol. The molecule has 4 heteroatoms. The van der Waals surface area contributed by atoms with Crippen molar-refractivity contribution >= 4 is 17.6 Å². The van der Waals surface area contributed by atoms with Gasteiger partial charge < -0.3 is 9.90 Å². The Hall–Kier alpha value is -1.52. The zero-order valence-electron chi connectivity index (χ0n) is 11.9. The molecule has 0 spiro atoms. The summed E-state index contributed by atoms with van der Waals surface area (Å²) in [6.45, 7) is 6.06. The van der Waals surface area contributed by atoms with Gasteiger partial charge in [0.15, 0.2) is 0 Å². The Morgan fingerprint density at radius 3 is 2.58 bits per heavy atom. The fourth-order valence-electron chi connectivity index (χ4n) is 1.40. The molecule has 0 fully saturated rings. The van der Waals surface area contributed by atoms with E-state index in [1.54, 1.807) is 11.3 Å². The average Bonchev–Trinajstić information content (AvgIpc) is 2.92. The maximum atomic E-state index is 10.3. The van der Waals surface area contributed by atoms with E-state index in [9.17, 15) is 4.79 Å². The lowest BCUT2D eigenvalue weighted by Crippen LogP contribution is -1.85. The van der Waals surface area contributed by atoms with Crippen LogP contribution in [0.4, 0.5) is 0 Å². The molecule has 0 aliphatic carbocycles. The van der Waals surface area contributed by atoms with Crippen LogP contribution in [-0.2, 0) is 11.2 Å². The number of aromatic nitrogens is 1. The Kier molecular flexibility index (Phi) is 9.57. The van der Waals surface area contributed by atoms with Gasteiger partial charge in [-0.3, -0.25) is 0 Å². The molecule has 1 aromatic heterocycles. The predicted octanol–water partition coefficient (Wildman–Crippen LogP) is 3.49. The molecular weight excluding hydrogens is 258 g/mol. The molecule has 3 nitrogen and oxygen atoms in total. The Bertz CT molecular complexity index is 481. The Labute approximate surface area is 119 Å². The number of nitrogens with zero attached hydrogens (tertiary/aromatic N) is 1. The quantitative estimate of drug-likeness (QED) is 0.875. The number of hydrogen-bond donors (Lipinski definition) is 1. The lowest BCUT2D eigenvalue weighted by Gasteiger charge is -1.97. The van der Waals surface area contributed by atoms with Crippen LogP contribution in [-0.4, -0.2) is 23.5 Å². The van der Waals surface area contributed by atoms with Gasteiger partial charge in [-0.15, -0.1) is 11.3 Å². The highest BCUT2D eigenvalue weighted by Gasteiger charge is 2.03. The van der Waals surface area contributed by atoms with Gasteiger partial charge in [0.1, 0.15) is 11.3 Å². The van der Waals surface area contributed by atoms with Gasteiger partial charge in [0.25, 0.3) is 0 Å². The minimum Gasteiger partial charge on any atom is -0.400 e. The van der Waals surface area contributed by atoms with Gasteiger partial charge in [-0.2, -0.15) is 0 Å². The van der Waals surface area contributed by atoms with Crippen LogP contribution >= 0.6 is 11.3 Å². The summed E-state index contributed by atoms with van der Waals surface area (Å²) in [5, 5.41) is 9.92. The van der Waals surface area contributed by atoms with Crippen molar-refractivity contribution in [3.05, 3.63) is 40.9 Å². The van der Waals surface area contributed by atoms with Crippen molar-refractivity contribution in [3.8, 4) is 10.6 Å². The Morgan fingerprint density at radius 1 is 1.32 bits per heavy atom. The lowest BCUT2D eigenvalue weighted by molar-refractivity contribution is -0.107. The lowest BCUT2D eigenvalue weighted by atomic mass is 10.1. The summed E-state index contributed by atoms with van der Waals surface area (Å²) in [5.74, 6) is 0. The van der Waals surface area contributed by atoms with Crippen molar-refractivity contribution < 1.29 is 9.90 Å². The molecule has 0 amide bonds. The molecule has 0 saturated heterocycles. The molecule has 104 valence electrons.